The molecular formula is C19H19N3O3. The van der Waals surface area contributed by atoms with Gasteiger partial charge in [0.2, 0.25) is 0 Å². The summed E-state index contributed by atoms with van der Waals surface area (Å²) in [5.74, 6) is 2.32. The van der Waals surface area contributed by atoms with Crippen molar-refractivity contribution in [2.45, 2.75) is 31.1 Å². The zero-order valence-electron chi connectivity index (χ0n) is 14.0. The highest BCUT2D eigenvalue weighted by molar-refractivity contribution is 5.45. The van der Waals surface area contributed by atoms with Gasteiger partial charge in [-0.2, -0.15) is 0 Å². The molecule has 1 saturated carbocycles. The van der Waals surface area contributed by atoms with Crippen molar-refractivity contribution < 1.29 is 9.47 Å². The smallest absolute Gasteiger partial charge is 0.272 e. The van der Waals surface area contributed by atoms with Gasteiger partial charge in [-0.3, -0.25) is 9.89 Å². The molecule has 1 aliphatic carbocycles. The second-order valence-corrected chi connectivity index (χ2v) is 6.88. The van der Waals surface area contributed by atoms with Crippen LogP contribution in [0.1, 0.15) is 41.6 Å². The van der Waals surface area contributed by atoms with Crippen LogP contribution in [0, 0.1) is 0 Å². The number of aromatic nitrogens is 3. The zero-order chi connectivity index (χ0) is 17.0. The molecular weight excluding hydrogens is 318 g/mol. The van der Waals surface area contributed by atoms with E-state index in [0.29, 0.717) is 18.2 Å². The zero-order valence-corrected chi connectivity index (χ0v) is 14.0. The first-order valence-corrected chi connectivity index (χ1v) is 8.63. The summed E-state index contributed by atoms with van der Waals surface area (Å²) >= 11 is 0. The molecule has 0 radical (unpaired) electrons. The van der Waals surface area contributed by atoms with Gasteiger partial charge in [-0.05, 0) is 43.0 Å². The van der Waals surface area contributed by atoms with Gasteiger partial charge in [0, 0.05) is 29.7 Å². The van der Waals surface area contributed by atoms with E-state index in [1.807, 2.05) is 24.3 Å². The molecule has 1 fully saturated rings. The van der Waals surface area contributed by atoms with Crippen LogP contribution in [-0.4, -0.2) is 28.3 Å². The highest BCUT2D eigenvalue weighted by Gasteiger charge is 2.27. The Bertz CT molecular complexity index is 1020. The summed E-state index contributed by atoms with van der Waals surface area (Å²) in [4.78, 5) is 17.2. The molecule has 3 aromatic rings. The second-order valence-electron chi connectivity index (χ2n) is 6.88. The minimum atomic E-state index is -0.0664. The maximum Gasteiger partial charge on any atom is 0.272 e. The quantitative estimate of drug-likeness (QED) is 0.798. The molecule has 128 valence electrons. The van der Waals surface area contributed by atoms with E-state index in [-0.39, 0.29) is 11.5 Å². The molecule has 1 N–H and O–H groups in total. The molecule has 0 amide bonds. The number of benzene rings is 1. The van der Waals surface area contributed by atoms with Crippen LogP contribution in [0.15, 0.2) is 35.1 Å². The fourth-order valence-electron chi connectivity index (χ4n) is 3.53. The summed E-state index contributed by atoms with van der Waals surface area (Å²) in [7, 11) is 1.66. The second kappa shape index (κ2) is 5.37. The van der Waals surface area contributed by atoms with Gasteiger partial charge in [0.1, 0.15) is 11.5 Å². The fourth-order valence-corrected chi connectivity index (χ4v) is 3.53. The monoisotopic (exact) mass is 337 g/mol. The maximum absolute atomic E-state index is 12.5. The molecule has 0 saturated heterocycles. The van der Waals surface area contributed by atoms with E-state index < -0.39 is 0 Å². The molecule has 2 aromatic heterocycles. The summed E-state index contributed by atoms with van der Waals surface area (Å²) in [5.41, 5.74) is 3.62. The van der Waals surface area contributed by atoms with Crippen molar-refractivity contribution in [3.05, 3.63) is 57.6 Å². The Hall–Kier alpha value is -2.76. The van der Waals surface area contributed by atoms with Gasteiger partial charge in [-0.1, -0.05) is 0 Å². The van der Waals surface area contributed by atoms with Crippen LogP contribution in [0.2, 0.25) is 0 Å². The molecule has 1 aliphatic heterocycles. The lowest BCUT2D eigenvalue weighted by Crippen LogP contribution is -2.23. The maximum atomic E-state index is 12.5. The van der Waals surface area contributed by atoms with E-state index >= 15 is 0 Å². The van der Waals surface area contributed by atoms with E-state index in [1.165, 1.54) is 17.4 Å². The van der Waals surface area contributed by atoms with Crippen molar-refractivity contribution >= 4 is 5.65 Å². The molecule has 1 atom stereocenters. The number of fused-ring (bicyclic) bond motifs is 2. The summed E-state index contributed by atoms with van der Waals surface area (Å²) < 4.78 is 12.7. The minimum Gasteiger partial charge on any atom is -0.497 e. The average molecular weight is 337 g/mol. The summed E-state index contributed by atoms with van der Waals surface area (Å²) in [6.45, 7) is 0.530. The van der Waals surface area contributed by atoms with Crippen LogP contribution in [0.25, 0.3) is 5.65 Å². The highest BCUT2D eigenvalue weighted by atomic mass is 16.5. The molecule has 0 spiro atoms. The topological polar surface area (TPSA) is 68.6 Å². The van der Waals surface area contributed by atoms with Crippen LogP contribution in [0.5, 0.6) is 11.5 Å². The van der Waals surface area contributed by atoms with E-state index in [9.17, 15) is 4.79 Å². The average Bonchev–Trinajstić information content (AvgIpc) is 3.40. The molecule has 2 aliphatic rings. The third kappa shape index (κ3) is 2.49. The van der Waals surface area contributed by atoms with E-state index in [2.05, 4.69) is 5.10 Å². The third-order valence-electron chi connectivity index (χ3n) is 5.10. The van der Waals surface area contributed by atoms with Crippen LogP contribution in [0.4, 0.5) is 0 Å². The first-order valence-electron chi connectivity index (χ1n) is 8.63. The summed E-state index contributed by atoms with van der Waals surface area (Å²) in [6.07, 6.45) is 3.15. The molecule has 0 bridgehead atoms. The summed E-state index contributed by atoms with van der Waals surface area (Å²) in [5, 5.41) is 3.18. The number of aromatic amines is 1. The predicted octanol–water partition coefficient (Wildman–Crippen LogP) is 2.63. The van der Waals surface area contributed by atoms with Crippen LogP contribution in [-0.2, 0) is 6.42 Å². The normalized spacial score (nSPS) is 19.5. The number of H-pyrrole nitrogens is 1. The van der Waals surface area contributed by atoms with E-state index in [0.717, 1.165) is 34.9 Å². The number of ether oxygens (including phenoxy) is 2. The minimum absolute atomic E-state index is 0.0663. The molecule has 1 unspecified atom stereocenters. The Morgan fingerprint density at radius 2 is 2.12 bits per heavy atom. The van der Waals surface area contributed by atoms with Crippen molar-refractivity contribution in [2.24, 2.45) is 0 Å². The number of hydrogen-bond acceptors (Lipinski definition) is 4. The van der Waals surface area contributed by atoms with Crippen LogP contribution in [0.3, 0.4) is 0 Å². The van der Waals surface area contributed by atoms with E-state index in [4.69, 9.17) is 14.5 Å². The number of rotatable bonds is 3. The van der Waals surface area contributed by atoms with Crippen molar-refractivity contribution in [1.29, 1.82) is 0 Å². The largest absolute Gasteiger partial charge is 0.497 e. The van der Waals surface area contributed by atoms with Crippen molar-refractivity contribution in [3.8, 4) is 11.5 Å². The lowest BCUT2D eigenvalue weighted by atomic mass is 9.93. The van der Waals surface area contributed by atoms with Gasteiger partial charge in [0.25, 0.3) is 5.56 Å². The van der Waals surface area contributed by atoms with E-state index in [1.54, 1.807) is 13.2 Å². The predicted molar refractivity (Wildman–Crippen MR) is 92.7 cm³/mol. The first-order chi connectivity index (χ1) is 12.2. The van der Waals surface area contributed by atoms with Crippen LogP contribution < -0.4 is 15.0 Å². The van der Waals surface area contributed by atoms with Crippen molar-refractivity contribution in [1.82, 2.24) is 14.6 Å². The molecule has 5 rings (SSSR count). The van der Waals surface area contributed by atoms with Gasteiger partial charge in [0.05, 0.1) is 19.4 Å². The van der Waals surface area contributed by atoms with Gasteiger partial charge < -0.3 is 9.47 Å². The van der Waals surface area contributed by atoms with Crippen LogP contribution >= 0.6 is 0 Å². The standard InChI is InChI=1S/C19H19N3O3/c1-24-14-4-5-17-12(7-14)6-13(10-25-17)15-9-19(23)22-18(20-15)8-16(21-22)11-2-3-11/h4-5,7-9,11,13,21H,2-3,6,10H2,1H3. The number of nitrogens with one attached hydrogen (secondary N) is 1. The number of methoxy groups -OCH3 is 1. The van der Waals surface area contributed by atoms with Gasteiger partial charge in [0.15, 0.2) is 5.65 Å². The number of hydrogen-bond donors (Lipinski definition) is 1. The first kappa shape index (κ1) is 14.6. The highest BCUT2D eigenvalue weighted by Crippen LogP contribution is 2.39. The molecule has 25 heavy (non-hydrogen) atoms. The Morgan fingerprint density at radius 1 is 1.24 bits per heavy atom. The lowest BCUT2D eigenvalue weighted by molar-refractivity contribution is 0.259. The Balaban J connectivity index is 1.51. The Morgan fingerprint density at radius 3 is 2.92 bits per heavy atom. The van der Waals surface area contributed by atoms with Crippen molar-refractivity contribution in [3.63, 3.8) is 0 Å². The van der Waals surface area contributed by atoms with Gasteiger partial charge >= 0.3 is 0 Å². The Kier molecular flexibility index (Phi) is 3.13. The summed E-state index contributed by atoms with van der Waals surface area (Å²) in [6, 6.07) is 9.45. The molecule has 6 heteroatoms. The number of nitrogens with zero attached hydrogens (tertiary/aromatic N) is 2. The fraction of sp³-hybridized carbons (Fsp3) is 0.368. The molecule has 1 aromatic carbocycles. The SMILES string of the molecule is COc1ccc2c(c1)CC(c1cc(=O)n3[nH]c(C4CC4)cc3n1)CO2. The van der Waals surface area contributed by atoms with Gasteiger partial charge in [-0.25, -0.2) is 9.50 Å². The van der Waals surface area contributed by atoms with Gasteiger partial charge in [-0.15, -0.1) is 0 Å². The lowest BCUT2D eigenvalue weighted by Gasteiger charge is -2.25. The third-order valence-corrected chi connectivity index (χ3v) is 5.10. The molecule has 3 heterocycles. The molecule has 6 nitrogen and oxygen atoms in total. The Labute approximate surface area is 144 Å². The van der Waals surface area contributed by atoms with Crippen molar-refractivity contribution in [2.75, 3.05) is 13.7 Å².